The Hall–Kier alpha value is -2.04. The van der Waals surface area contributed by atoms with Gasteiger partial charge in [-0.3, -0.25) is 4.79 Å². The number of nitrogens with one attached hydrogen (secondary N) is 1. The van der Waals surface area contributed by atoms with Crippen LogP contribution in [0.25, 0.3) is 0 Å². The van der Waals surface area contributed by atoms with E-state index in [1.807, 2.05) is 30.3 Å². The summed E-state index contributed by atoms with van der Waals surface area (Å²) in [6, 6.07) is 9.66. The molecule has 1 amide bonds. The number of sulfonamides is 1. The number of hydrogen-bond donors (Lipinski definition) is 1. The SMILES string of the molecule is CN(CCOc1noc(C(=O)NC23CC4CC(CC(C4)C2)C3)c1Sc1ccccc1)S(C)(=O)=O. The summed E-state index contributed by atoms with van der Waals surface area (Å²) in [4.78, 5) is 14.9. The summed E-state index contributed by atoms with van der Waals surface area (Å²) in [5, 5.41) is 7.39. The molecular weight excluding hydrogens is 474 g/mol. The molecule has 4 fully saturated rings. The van der Waals surface area contributed by atoms with E-state index in [0.29, 0.717) is 22.6 Å². The van der Waals surface area contributed by atoms with Gasteiger partial charge >= 0.3 is 0 Å². The van der Waals surface area contributed by atoms with Gasteiger partial charge in [-0.1, -0.05) is 30.0 Å². The maximum atomic E-state index is 13.5. The van der Waals surface area contributed by atoms with Crippen LogP contribution in [-0.4, -0.2) is 55.8 Å². The van der Waals surface area contributed by atoms with Gasteiger partial charge < -0.3 is 14.6 Å². The Kier molecular flexibility index (Phi) is 6.41. The van der Waals surface area contributed by atoms with E-state index >= 15 is 0 Å². The van der Waals surface area contributed by atoms with E-state index < -0.39 is 10.0 Å². The number of carbonyl (C=O) groups is 1. The van der Waals surface area contributed by atoms with Crippen LogP contribution < -0.4 is 10.1 Å². The second-order valence-corrected chi connectivity index (χ2v) is 13.3. The van der Waals surface area contributed by atoms with Crippen molar-refractivity contribution >= 4 is 27.7 Å². The number of benzene rings is 1. The lowest BCUT2D eigenvalue weighted by Gasteiger charge is -2.56. The summed E-state index contributed by atoms with van der Waals surface area (Å²) in [5.41, 5.74) is -0.146. The van der Waals surface area contributed by atoms with Crippen LogP contribution >= 0.6 is 11.8 Å². The van der Waals surface area contributed by atoms with Crippen LogP contribution in [0, 0.1) is 17.8 Å². The highest BCUT2D eigenvalue weighted by molar-refractivity contribution is 7.99. The van der Waals surface area contributed by atoms with Crippen molar-refractivity contribution in [1.82, 2.24) is 14.8 Å². The lowest BCUT2D eigenvalue weighted by Crippen LogP contribution is -2.59. The van der Waals surface area contributed by atoms with E-state index in [1.54, 1.807) is 0 Å². The summed E-state index contributed by atoms with van der Waals surface area (Å²) < 4.78 is 35.8. The quantitative estimate of drug-likeness (QED) is 0.553. The molecule has 0 atom stereocenters. The molecule has 1 N–H and O–H groups in total. The minimum Gasteiger partial charge on any atom is -0.473 e. The first-order valence-electron chi connectivity index (χ1n) is 11.8. The second-order valence-electron chi connectivity index (χ2n) is 10.1. The molecule has 4 aliphatic carbocycles. The molecule has 0 spiro atoms. The van der Waals surface area contributed by atoms with E-state index in [9.17, 15) is 13.2 Å². The highest BCUT2D eigenvalue weighted by Crippen LogP contribution is 2.55. The Morgan fingerprint density at radius 1 is 1.18 bits per heavy atom. The monoisotopic (exact) mass is 505 g/mol. The largest absolute Gasteiger partial charge is 0.473 e. The summed E-state index contributed by atoms with van der Waals surface area (Å²) in [7, 11) is -1.82. The molecule has 0 aliphatic heterocycles. The first-order valence-corrected chi connectivity index (χ1v) is 14.5. The van der Waals surface area contributed by atoms with Crippen molar-refractivity contribution in [3.8, 4) is 5.88 Å². The Labute approximate surface area is 204 Å². The van der Waals surface area contributed by atoms with Crippen molar-refractivity contribution in [2.75, 3.05) is 26.5 Å². The third-order valence-electron chi connectivity index (χ3n) is 7.42. The number of aromatic nitrogens is 1. The summed E-state index contributed by atoms with van der Waals surface area (Å²) in [6.45, 7) is 0.254. The predicted octanol–water partition coefficient (Wildman–Crippen LogP) is 3.79. The maximum absolute atomic E-state index is 13.5. The standard InChI is InChI=1S/C24H31N3O5S2/c1-27(34(2,29)30)8-9-31-23-21(33-19-6-4-3-5-7-19)20(32-26-23)22(28)25-24-13-16-10-17(14-24)12-18(11-16)15-24/h3-7,16-18H,8-15H2,1-2H3,(H,25,28). The van der Waals surface area contributed by atoms with Gasteiger partial charge in [-0.25, -0.2) is 12.7 Å². The maximum Gasteiger partial charge on any atom is 0.291 e. The number of carbonyl (C=O) groups excluding carboxylic acids is 1. The predicted molar refractivity (Wildman–Crippen MR) is 128 cm³/mol. The third-order valence-corrected chi connectivity index (χ3v) is 9.80. The topological polar surface area (TPSA) is 102 Å². The van der Waals surface area contributed by atoms with Gasteiger partial charge in [0.1, 0.15) is 11.5 Å². The molecule has 4 saturated carbocycles. The fourth-order valence-electron chi connectivity index (χ4n) is 6.20. The van der Waals surface area contributed by atoms with Gasteiger partial charge in [0.25, 0.3) is 11.8 Å². The number of hydrogen-bond acceptors (Lipinski definition) is 7. The van der Waals surface area contributed by atoms with E-state index in [-0.39, 0.29) is 36.2 Å². The molecule has 2 aromatic rings. The van der Waals surface area contributed by atoms with Gasteiger partial charge in [0.2, 0.25) is 15.8 Å². The lowest BCUT2D eigenvalue weighted by molar-refractivity contribution is -0.0173. The molecule has 0 saturated heterocycles. The number of ether oxygens (including phenoxy) is 1. The van der Waals surface area contributed by atoms with E-state index in [0.717, 1.165) is 30.4 Å². The highest BCUT2D eigenvalue weighted by atomic mass is 32.2. The number of rotatable bonds is 9. The minimum atomic E-state index is -3.31. The fraction of sp³-hybridized carbons (Fsp3) is 0.583. The van der Waals surface area contributed by atoms with E-state index in [4.69, 9.17) is 9.26 Å². The smallest absolute Gasteiger partial charge is 0.291 e. The van der Waals surface area contributed by atoms with Crippen molar-refractivity contribution in [2.45, 2.75) is 53.9 Å². The average molecular weight is 506 g/mol. The molecule has 8 nitrogen and oxygen atoms in total. The van der Waals surface area contributed by atoms with Crippen molar-refractivity contribution in [3.05, 3.63) is 36.1 Å². The lowest BCUT2D eigenvalue weighted by atomic mass is 9.53. The van der Waals surface area contributed by atoms with Crippen LogP contribution in [0.5, 0.6) is 5.88 Å². The molecule has 34 heavy (non-hydrogen) atoms. The molecule has 0 unspecified atom stereocenters. The van der Waals surface area contributed by atoms with Crippen LogP contribution in [0.1, 0.15) is 49.1 Å². The van der Waals surface area contributed by atoms with Gasteiger partial charge in [-0.05, 0) is 73.6 Å². The zero-order valence-electron chi connectivity index (χ0n) is 19.5. The van der Waals surface area contributed by atoms with Crippen molar-refractivity contribution in [3.63, 3.8) is 0 Å². The van der Waals surface area contributed by atoms with Gasteiger partial charge in [0.05, 0.1) is 6.26 Å². The number of nitrogens with zero attached hydrogens (tertiary/aromatic N) is 2. The Morgan fingerprint density at radius 2 is 1.79 bits per heavy atom. The first-order chi connectivity index (χ1) is 16.2. The minimum absolute atomic E-state index is 0.0918. The number of likely N-dealkylation sites (N-methyl/N-ethyl adjacent to an activating group) is 1. The Bertz CT molecular complexity index is 1110. The second kappa shape index (κ2) is 9.20. The molecule has 10 heteroatoms. The van der Waals surface area contributed by atoms with Crippen LogP contribution in [-0.2, 0) is 10.0 Å². The van der Waals surface area contributed by atoms with Crippen LogP contribution in [0.15, 0.2) is 44.6 Å². The molecule has 1 aromatic heterocycles. The van der Waals surface area contributed by atoms with Crippen molar-refractivity contribution in [1.29, 1.82) is 0 Å². The molecular formula is C24H31N3O5S2. The highest BCUT2D eigenvalue weighted by Gasteiger charge is 2.52. The average Bonchev–Trinajstić information content (AvgIpc) is 3.15. The van der Waals surface area contributed by atoms with Crippen LogP contribution in [0.2, 0.25) is 0 Å². The molecule has 4 aliphatic rings. The fourth-order valence-corrected chi connectivity index (χ4v) is 7.54. The van der Waals surface area contributed by atoms with E-state index in [1.165, 1.54) is 42.4 Å². The number of amides is 1. The zero-order chi connectivity index (χ0) is 23.9. The molecule has 6 rings (SSSR count). The zero-order valence-corrected chi connectivity index (χ0v) is 21.2. The van der Waals surface area contributed by atoms with Gasteiger partial charge in [0.15, 0.2) is 0 Å². The van der Waals surface area contributed by atoms with Crippen LogP contribution in [0.3, 0.4) is 0 Å². The Morgan fingerprint density at radius 3 is 2.38 bits per heavy atom. The summed E-state index contributed by atoms with van der Waals surface area (Å²) in [6.07, 6.45) is 8.17. The van der Waals surface area contributed by atoms with Crippen molar-refractivity contribution < 1.29 is 22.5 Å². The van der Waals surface area contributed by atoms with Gasteiger partial charge in [-0.2, -0.15) is 0 Å². The van der Waals surface area contributed by atoms with Gasteiger partial charge in [0, 0.05) is 24.0 Å². The van der Waals surface area contributed by atoms with Crippen molar-refractivity contribution in [2.24, 2.45) is 17.8 Å². The van der Waals surface area contributed by atoms with Gasteiger partial charge in [-0.15, -0.1) is 0 Å². The molecule has 1 heterocycles. The van der Waals surface area contributed by atoms with E-state index in [2.05, 4.69) is 10.5 Å². The normalized spacial score (nSPS) is 27.8. The molecule has 1 aromatic carbocycles. The summed E-state index contributed by atoms with van der Waals surface area (Å²) >= 11 is 1.36. The Balaban J connectivity index is 1.35. The molecule has 4 bridgehead atoms. The van der Waals surface area contributed by atoms with Crippen LogP contribution in [0.4, 0.5) is 0 Å². The third kappa shape index (κ3) is 4.99. The summed E-state index contributed by atoms with van der Waals surface area (Å²) in [5.74, 6) is 2.24. The first kappa shape index (κ1) is 23.7. The molecule has 0 radical (unpaired) electrons. The molecule has 184 valence electrons.